The monoisotopic (exact) mass is 494 g/mol. The molecule has 0 unspecified atom stereocenters. The summed E-state index contributed by atoms with van der Waals surface area (Å²) in [7, 11) is 0. The molecule has 2 aromatic carbocycles. The highest BCUT2D eigenvalue weighted by molar-refractivity contribution is 6.32. The number of hydrogen-bond acceptors (Lipinski definition) is 3. The molecule has 0 radical (unpaired) electrons. The molecule has 34 heavy (non-hydrogen) atoms. The number of para-hydroxylation sites is 1. The highest BCUT2D eigenvalue weighted by Gasteiger charge is 2.24. The summed E-state index contributed by atoms with van der Waals surface area (Å²) in [5.41, 5.74) is 1.99. The maximum atomic E-state index is 13.6. The third-order valence-corrected chi connectivity index (χ3v) is 5.68. The lowest BCUT2D eigenvalue weighted by Gasteiger charge is -2.22. The van der Waals surface area contributed by atoms with E-state index in [0.717, 1.165) is 10.9 Å². The van der Waals surface area contributed by atoms with Gasteiger partial charge in [0.15, 0.2) is 5.82 Å². The van der Waals surface area contributed by atoms with Gasteiger partial charge in [0.25, 0.3) is 11.8 Å². The summed E-state index contributed by atoms with van der Waals surface area (Å²) in [6.45, 7) is 7.45. The molecule has 0 atom stereocenters. The van der Waals surface area contributed by atoms with Crippen molar-refractivity contribution in [3.63, 3.8) is 0 Å². The van der Waals surface area contributed by atoms with Gasteiger partial charge < -0.3 is 10.6 Å². The second-order valence-corrected chi connectivity index (χ2v) is 9.88. The zero-order valence-electron chi connectivity index (χ0n) is 19.2. The van der Waals surface area contributed by atoms with Crippen molar-refractivity contribution >= 4 is 51.6 Å². The van der Waals surface area contributed by atoms with Crippen molar-refractivity contribution in [3.8, 4) is 5.82 Å². The van der Waals surface area contributed by atoms with E-state index in [4.69, 9.17) is 23.2 Å². The molecule has 0 aliphatic rings. The summed E-state index contributed by atoms with van der Waals surface area (Å²) in [6.07, 6.45) is 1.62. The average Bonchev–Trinajstić information content (AvgIpc) is 3.14. The number of nitrogens with zero attached hydrogens (tertiary/aromatic N) is 2. The van der Waals surface area contributed by atoms with E-state index in [1.54, 1.807) is 48.0 Å². The van der Waals surface area contributed by atoms with E-state index in [9.17, 15) is 9.59 Å². The first-order valence-corrected chi connectivity index (χ1v) is 11.5. The largest absolute Gasteiger partial charge is 0.347 e. The molecular weight excluding hydrogens is 471 g/mol. The Hall–Kier alpha value is -3.35. The maximum absolute atomic E-state index is 13.6. The van der Waals surface area contributed by atoms with Crippen LogP contribution < -0.4 is 10.6 Å². The van der Waals surface area contributed by atoms with E-state index >= 15 is 0 Å². The van der Waals surface area contributed by atoms with Gasteiger partial charge in [0.2, 0.25) is 0 Å². The summed E-state index contributed by atoms with van der Waals surface area (Å²) in [6, 6.07) is 16.1. The van der Waals surface area contributed by atoms with Crippen LogP contribution in [-0.2, 0) is 0 Å². The summed E-state index contributed by atoms with van der Waals surface area (Å²) in [5.74, 6) is -0.302. The molecule has 2 heterocycles. The van der Waals surface area contributed by atoms with Crippen molar-refractivity contribution in [2.75, 3.05) is 5.32 Å². The van der Waals surface area contributed by atoms with Crippen molar-refractivity contribution < 1.29 is 9.59 Å². The number of halogens is 2. The molecule has 6 nitrogen and oxygen atoms in total. The van der Waals surface area contributed by atoms with Gasteiger partial charge in [0.1, 0.15) is 5.69 Å². The van der Waals surface area contributed by atoms with E-state index < -0.39 is 11.4 Å². The number of carbonyl (C=O) groups excluding carboxylic acids is 2. The number of nitrogens with one attached hydrogen (secondary N) is 2. The van der Waals surface area contributed by atoms with Crippen molar-refractivity contribution in [3.05, 3.63) is 87.7 Å². The minimum atomic E-state index is -0.462. The highest BCUT2D eigenvalue weighted by atomic mass is 35.5. The zero-order chi connectivity index (χ0) is 24.6. The van der Waals surface area contributed by atoms with Crippen LogP contribution in [0.15, 0.2) is 60.8 Å². The quantitative estimate of drug-likeness (QED) is 0.343. The Morgan fingerprint density at radius 2 is 1.71 bits per heavy atom. The molecule has 2 amide bonds. The van der Waals surface area contributed by atoms with Crippen LogP contribution >= 0.6 is 23.2 Å². The Bertz CT molecular complexity index is 1420. The molecule has 8 heteroatoms. The molecule has 4 rings (SSSR count). The van der Waals surface area contributed by atoms with Gasteiger partial charge in [0, 0.05) is 22.1 Å². The van der Waals surface area contributed by atoms with Gasteiger partial charge in [-0.25, -0.2) is 4.98 Å². The van der Waals surface area contributed by atoms with Gasteiger partial charge in [-0.05, 0) is 69.7 Å². The van der Waals surface area contributed by atoms with Gasteiger partial charge >= 0.3 is 0 Å². The normalized spacial score (nSPS) is 11.5. The van der Waals surface area contributed by atoms with Gasteiger partial charge in [-0.2, -0.15) is 0 Å². The van der Waals surface area contributed by atoms with Crippen LogP contribution in [-0.4, -0.2) is 26.9 Å². The molecule has 174 valence electrons. The number of benzene rings is 2. The Kier molecular flexibility index (Phi) is 6.39. The molecule has 0 spiro atoms. The number of carbonyl (C=O) groups is 2. The van der Waals surface area contributed by atoms with Crippen LogP contribution in [0.2, 0.25) is 10.0 Å². The van der Waals surface area contributed by atoms with Crippen LogP contribution in [0.3, 0.4) is 0 Å². The van der Waals surface area contributed by atoms with Crippen molar-refractivity contribution in [1.29, 1.82) is 0 Å². The number of aryl methyl sites for hydroxylation is 1. The molecule has 0 aliphatic heterocycles. The Morgan fingerprint density at radius 1 is 0.971 bits per heavy atom. The summed E-state index contributed by atoms with van der Waals surface area (Å²) in [4.78, 5) is 31.0. The number of fused-ring (bicyclic) bond motifs is 1. The lowest BCUT2D eigenvalue weighted by molar-refractivity contribution is 0.0920. The number of anilines is 1. The fourth-order valence-corrected chi connectivity index (χ4v) is 4.24. The predicted octanol–water partition coefficient (Wildman–Crippen LogP) is 6.42. The first kappa shape index (κ1) is 23.8. The third-order valence-electron chi connectivity index (χ3n) is 5.17. The second-order valence-electron chi connectivity index (χ2n) is 9.04. The topological polar surface area (TPSA) is 76.0 Å². The lowest BCUT2D eigenvalue weighted by atomic mass is 10.0. The van der Waals surface area contributed by atoms with Gasteiger partial charge in [-0.1, -0.05) is 41.4 Å². The Labute approximate surface area is 207 Å². The maximum Gasteiger partial charge on any atom is 0.272 e. The number of hydrogen-bond donors (Lipinski definition) is 2. The van der Waals surface area contributed by atoms with Crippen molar-refractivity contribution in [2.24, 2.45) is 0 Å². The second kappa shape index (κ2) is 9.12. The van der Waals surface area contributed by atoms with Crippen molar-refractivity contribution in [1.82, 2.24) is 14.9 Å². The number of pyridine rings is 1. The summed E-state index contributed by atoms with van der Waals surface area (Å²) in [5, 5.41) is 7.53. The summed E-state index contributed by atoms with van der Waals surface area (Å²) < 4.78 is 1.72. The van der Waals surface area contributed by atoms with Crippen LogP contribution in [0.5, 0.6) is 0 Å². The van der Waals surface area contributed by atoms with Gasteiger partial charge in [-0.3, -0.25) is 14.2 Å². The smallest absolute Gasteiger partial charge is 0.272 e. The highest BCUT2D eigenvalue weighted by Crippen LogP contribution is 2.30. The molecule has 0 aliphatic carbocycles. The van der Waals surface area contributed by atoms with Gasteiger partial charge in [0.05, 0.1) is 21.8 Å². The molecule has 0 saturated heterocycles. The molecule has 4 aromatic rings. The zero-order valence-corrected chi connectivity index (χ0v) is 20.8. The Balaban J connectivity index is 1.82. The molecule has 2 N–H and O–H groups in total. The SMILES string of the molecule is Cc1cc(Cl)cc(C(=O)NC(C)(C)C)c1NC(=O)c1cc2ccccc2n1-c1ncccc1Cl. The number of rotatable bonds is 4. The van der Waals surface area contributed by atoms with Gasteiger partial charge in [-0.15, -0.1) is 0 Å². The van der Waals surface area contributed by atoms with Crippen LogP contribution in [0.4, 0.5) is 5.69 Å². The van der Waals surface area contributed by atoms with E-state index in [0.29, 0.717) is 32.8 Å². The van der Waals surface area contributed by atoms with Crippen molar-refractivity contribution in [2.45, 2.75) is 33.2 Å². The number of amides is 2. The van der Waals surface area contributed by atoms with E-state index in [-0.39, 0.29) is 11.5 Å². The first-order chi connectivity index (χ1) is 16.0. The average molecular weight is 495 g/mol. The minimum Gasteiger partial charge on any atom is -0.347 e. The fourth-order valence-electron chi connectivity index (χ4n) is 3.77. The third kappa shape index (κ3) is 4.79. The predicted molar refractivity (Wildman–Crippen MR) is 137 cm³/mol. The first-order valence-electron chi connectivity index (χ1n) is 10.7. The standard InChI is InChI=1S/C26H24Cl2N4O2/c1-15-12-17(27)14-18(24(33)31-26(2,3)4)22(15)30-25(34)21-13-16-8-5-6-10-20(16)32(21)23-19(28)9-7-11-29-23/h5-14H,1-4H3,(H,30,34)(H,31,33). The van der Waals surface area contributed by atoms with Crippen LogP contribution in [0.1, 0.15) is 47.2 Å². The molecule has 0 fully saturated rings. The lowest BCUT2D eigenvalue weighted by Crippen LogP contribution is -2.41. The molecule has 2 aromatic heterocycles. The van der Waals surface area contributed by atoms with Crippen LogP contribution in [0, 0.1) is 6.92 Å². The molecular formula is C26H24Cl2N4O2. The Morgan fingerprint density at radius 3 is 2.41 bits per heavy atom. The van der Waals surface area contributed by atoms with E-state index in [1.807, 2.05) is 45.0 Å². The molecule has 0 saturated carbocycles. The minimum absolute atomic E-state index is 0.284. The number of aromatic nitrogens is 2. The van der Waals surface area contributed by atoms with Crippen LogP contribution in [0.25, 0.3) is 16.7 Å². The summed E-state index contributed by atoms with van der Waals surface area (Å²) >= 11 is 12.7. The van der Waals surface area contributed by atoms with E-state index in [2.05, 4.69) is 15.6 Å². The van der Waals surface area contributed by atoms with E-state index in [1.165, 1.54) is 0 Å². The molecule has 0 bridgehead atoms. The fraction of sp³-hybridized carbons (Fsp3) is 0.192.